The molecule has 0 aliphatic carbocycles. The second-order valence-corrected chi connectivity index (χ2v) is 9.44. The van der Waals surface area contributed by atoms with Gasteiger partial charge in [-0.05, 0) is 49.9 Å². The van der Waals surface area contributed by atoms with Crippen LogP contribution >= 0.6 is 0 Å². The predicted molar refractivity (Wildman–Crippen MR) is 123 cm³/mol. The summed E-state index contributed by atoms with van der Waals surface area (Å²) in [6.07, 6.45) is 6.45. The lowest BCUT2D eigenvalue weighted by Gasteiger charge is -2.47. The molecule has 5 rings (SSSR count). The van der Waals surface area contributed by atoms with Gasteiger partial charge in [-0.3, -0.25) is 4.79 Å². The van der Waals surface area contributed by atoms with Gasteiger partial charge in [-0.25, -0.2) is 4.98 Å². The summed E-state index contributed by atoms with van der Waals surface area (Å²) in [6, 6.07) is 8.43. The first-order chi connectivity index (χ1) is 15.5. The molecule has 1 spiro atoms. The molecule has 168 valence electrons. The maximum Gasteiger partial charge on any atom is 0.259 e. The average Bonchev–Trinajstić information content (AvgIpc) is 3.51. The fourth-order valence-corrected chi connectivity index (χ4v) is 5.38. The third-order valence-corrected chi connectivity index (χ3v) is 6.73. The van der Waals surface area contributed by atoms with Crippen LogP contribution in [0.4, 0.5) is 5.69 Å². The number of rotatable bonds is 5. The maximum absolute atomic E-state index is 13.7. The smallest absolute Gasteiger partial charge is 0.259 e. The zero-order chi connectivity index (χ0) is 22.5. The first kappa shape index (κ1) is 20.8. The van der Waals surface area contributed by atoms with E-state index < -0.39 is 0 Å². The molecule has 0 saturated carbocycles. The highest BCUT2D eigenvalue weighted by Gasteiger charge is 2.51. The number of hydrogen-bond donors (Lipinski definition) is 0. The van der Waals surface area contributed by atoms with E-state index in [0.717, 1.165) is 37.3 Å². The van der Waals surface area contributed by atoms with Crippen LogP contribution in [0.25, 0.3) is 5.82 Å². The topological polar surface area (TPSA) is 67.4 Å². The highest BCUT2D eigenvalue weighted by Crippen LogP contribution is 2.47. The molecule has 0 N–H and O–H groups in total. The zero-order valence-corrected chi connectivity index (χ0v) is 19.3. The van der Waals surface area contributed by atoms with Crippen molar-refractivity contribution < 1.29 is 9.32 Å². The number of hydrogen-bond acceptors (Lipinski definition) is 5. The number of nitrogens with zero attached hydrogens (tertiary/aromatic N) is 5. The Morgan fingerprint density at radius 3 is 2.91 bits per heavy atom. The van der Waals surface area contributed by atoms with E-state index in [2.05, 4.69) is 59.8 Å². The molecule has 1 atom stereocenters. The summed E-state index contributed by atoms with van der Waals surface area (Å²) in [6.45, 7) is 10.7. The van der Waals surface area contributed by atoms with Gasteiger partial charge < -0.3 is 18.9 Å². The minimum atomic E-state index is -0.282. The molecule has 0 unspecified atom stereocenters. The van der Waals surface area contributed by atoms with Crippen molar-refractivity contribution in [2.24, 2.45) is 5.92 Å². The summed E-state index contributed by atoms with van der Waals surface area (Å²) in [5, 5.41) is 4.10. The Labute approximate surface area is 189 Å². The van der Waals surface area contributed by atoms with Crippen LogP contribution in [0.1, 0.15) is 61.1 Å². The number of aromatic nitrogens is 3. The van der Waals surface area contributed by atoms with E-state index in [1.54, 1.807) is 0 Å². The Morgan fingerprint density at radius 2 is 2.12 bits per heavy atom. The SMILES string of the molecule is CCCc1onc(C)c1C(=O)N1CC[C@@]2(C1)c1cccn1-c1ncccc1N2CC(C)C. The van der Waals surface area contributed by atoms with Gasteiger partial charge >= 0.3 is 0 Å². The number of carbonyl (C=O) groups is 1. The van der Waals surface area contributed by atoms with Crippen LogP contribution in [0.3, 0.4) is 0 Å². The molecule has 0 bridgehead atoms. The standard InChI is InChI=1S/C25H31N5O2/c1-5-8-20-22(18(4)27-32-20)24(31)28-14-11-25(16-28)21-10-7-13-29(21)23-19(9-6-12-26-23)30(25)15-17(2)3/h6-7,9-10,12-13,17H,5,8,11,14-16H2,1-4H3/t25-/m1/s1. The van der Waals surface area contributed by atoms with E-state index in [4.69, 9.17) is 9.51 Å². The average molecular weight is 434 g/mol. The van der Waals surface area contributed by atoms with Crippen molar-refractivity contribution in [1.29, 1.82) is 0 Å². The van der Waals surface area contributed by atoms with Crippen LogP contribution in [-0.2, 0) is 12.0 Å². The monoisotopic (exact) mass is 433 g/mol. The third kappa shape index (κ3) is 3.05. The van der Waals surface area contributed by atoms with Gasteiger partial charge in [-0.15, -0.1) is 0 Å². The highest BCUT2D eigenvalue weighted by atomic mass is 16.5. The second-order valence-electron chi connectivity index (χ2n) is 9.44. The minimum absolute atomic E-state index is 0.0312. The molecule has 5 heterocycles. The van der Waals surface area contributed by atoms with Crippen molar-refractivity contribution in [2.75, 3.05) is 24.5 Å². The Hall–Kier alpha value is -3.09. The van der Waals surface area contributed by atoms with E-state index in [0.29, 0.717) is 36.0 Å². The first-order valence-corrected chi connectivity index (χ1v) is 11.6. The number of fused-ring (bicyclic) bond motifs is 4. The summed E-state index contributed by atoms with van der Waals surface area (Å²) in [7, 11) is 0. The van der Waals surface area contributed by atoms with Crippen LogP contribution in [0.5, 0.6) is 0 Å². The molecule has 7 nitrogen and oxygen atoms in total. The molecule has 0 aromatic carbocycles. The quantitative estimate of drug-likeness (QED) is 0.599. The molecule has 1 amide bonds. The normalized spacial score (nSPS) is 19.7. The van der Waals surface area contributed by atoms with Crippen LogP contribution in [0, 0.1) is 12.8 Å². The van der Waals surface area contributed by atoms with Crippen LogP contribution in [-0.4, -0.2) is 45.1 Å². The second kappa shape index (κ2) is 7.80. The number of carbonyl (C=O) groups excluding carboxylic acids is 1. The molecule has 32 heavy (non-hydrogen) atoms. The van der Waals surface area contributed by atoms with Gasteiger partial charge in [0.1, 0.15) is 16.9 Å². The van der Waals surface area contributed by atoms with Crippen LogP contribution in [0.15, 0.2) is 41.2 Å². The number of amides is 1. The van der Waals surface area contributed by atoms with Gasteiger partial charge in [0.15, 0.2) is 5.82 Å². The molecule has 0 radical (unpaired) electrons. The largest absolute Gasteiger partial charge is 0.360 e. The lowest BCUT2D eigenvalue weighted by Crippen LogP contribution is -2.54. The van der Waals surface area contributed by atoms with Crippen molar-refractivity contribution in [3.8, 4) is 5.82 Å². The van der Waals surface area contributed by atoms with Gasteiger partial charge in [-0.2, -0.15) is 0 Å². The molecule has 7 heteroatoms. The maximum atomic E-state index is 13.7. The van der Waals surface area contributed by atoms with Gasteiger partial charge in [0.05, 0.1) is 17.1 Å². The fraction of sp³-hybridized carbons (Fsp3) is 0.480. The van der Waals surface area contributed by atoms with E-state index in [1.807, 2.05) is 24.1 Å². The molecule has 2 aliphatic rings. The Balaban J connectivity index is 1.56. The van der Waals surface area contributed by atoms with E-state index in [9.17, 15) is 4.79 Å². The lowest BCUT2D eigenvalue weighted by atomic mass is 9.88. The van der Waals surface area contributed by atoms with Crippen LogP contribution < -0.4 is 4.90 Å². The summed E-state index contributed by atoms with van der Waals surface area (Å²) < 4.78 is 7.70. The summed E-state index contributed by atoms with van der Waals surface area (Å²) >= 11 is 0. The summed E-state index contributed by atoms with van der Waals surface area (Å²) in [4.78, 5) is 22.9. The fourth-order valence-electron chi connectivity index (χ4n) is 5.38. The van der Waals surface area contributed by atoms with Crippen molar-refractivity contribution in [2.45, 2.75) is 52.5 Å². The number of aryl methyl sites for hydroxylation is 2. The Kier molecular flexibility index (Phi) is 5.07. The van der Waals surface area contributed by atoms with E-state index >= 15 is 0 Å². The van der Waals surface area contributed by atoms with E-state index in [1.165, 1.54) is 5.69 Å². The van der Waals surface area contributed by atoms with E-state index in [-0.39, 0.29) is 11.4 Å². The van der Waals surface area contributed by atoms with Gasteiger partial charge in [-0.1, -0.05) is 25.9 Å². The summed E-state index contributed by atoms with van der Waals surface area (Å²) in [5.41, 5.74) is 3.38. The molecule has 1 fully saturated rings. The van der Waals surface area contributed by atoms with Crippen molar-refractivity contribution in [1.82, 2.24) is 19.6 Å². The molecular weight excluding hydrogens is 402 g/mol. The molecular formula is C25H31N5O2. The number of likely N-dealkylation sites (tertiary alicyclic amines) is 1. The van der Waals surface area contributed by atoms with Gasteiger partial charge in [0.2, 0.25) is 0 Å². The minimum Gasteiger partial charge on any atom is -0.360 e. The van der Waals surface area contributed by atoms with Gasteiger partial charge in [0, 0.05) is 38.4 Å². The molecule has 2 aliphatic heterocycles. The molecule has 3 aromatic rings. The number of pyridine rings is 1. The Bertz CT molecular complexity index is 1150. The molecule has 3 aromatic heterocycles. The Morgan fingerprint density at radius 1 is 1.28 bits per heavy atom. The van der Waals surface area contributed by atoms with Gasteiger partial charge in [0.25, 0.3) is 5.91 Å². The van der Waals surface area contributed by atoms with Crippen molar-refractivity contribution in [3.05, 3.63) is 59.4 Å². The zero-order valence-electron chi connectivity index (χ0n) is 19.3. The predicted octanol–water partition coefficient (Wildman–Crippen LogP) is 4.34. The van der Waals surface area contributed by atoms with Crippen LogP contribution in [0.2, 0.25) is 0 Å². The molecule has 1 saturated heterocycles. The van der Waals surface area contributed by atoms with Crippen molar-refractivity contribution >= 4 is 11.6 Å². The highest BCUT2D eigenvalue weighted by molar-refractivity contribution is 5.96. The third-order valence-electron chi connectivity index (χ3n) is 6.73. The number of anilines is 1. The van der Waals surface area contributed by atoms with Crippen molar-refractivity contribution in [3.63, 3.8) is 0 Å². The first-order valence-electron chi connectivity index (χ1n) is 11.6. The lowest BCUT2D eigenvalue weighted by molar-refractivity contribution is 0.0779. The summed E-state index contributed by atoms with van der Waals surface area (Å²) in [5.74, 6) is 2.17.